The molecule has 3 saturated heterocycles. The molecule has 18 heteroatoms. The number of piperidine rings is 1. The van der Waals surface area contributed by atoms with Crippen LogP contribution in [-0.2, 0) is 47.6 Å². The lowest BCUT2D eigenvalue weighted by Gasteiger charge is -2.47. The fourth-order valence-corrected chi connectivity index (χ4v) is 13.4. The van der Waals surface area contributed by atoms with E-state index >= 15 is 4.39 Å². The minimum atomic E-state index is -1.32. The number of carbonyl (C=O) groups is 5. The molecule has 5 heterocycles. The van der Waals surface area contributed by atoms with E-state index in [1.54, 1.807) is 31.3 Å². The molecule has 2 saturated carbocycles. The number of halogens is 3. The number of likely N-dealkylation sites (tertiary alicyclic amines) is 1. The first-order valence-corrected chi connectivity index (χ1v) is 25.2. The first-order valence-electron chi connectivity index (χ1n) is 24.4. The molecule has 4 aliphatic heterocycles. The smallest absolute Gasteiger partial charge is 0.329 e. The molecule has 15 nitrogen and oxygen atoms in total. The van der Waals surface area contributed by atoms with Gasteiger partial charge in [0.2, 0.25) is 23.6 Å². The number of carboxylic acids is 1. The molecule has 3 aromatic carbocycles. The maximum Gasteiger partial charge on any atom is 0.329 e. The predicted octanol–water partition coefficient (Wildman–Crippen LogP) is 6.26. The quantitative estimate of drug-likeness (QED) is 0.0800. The average molecular weight is 987 g/mol. The Kier molecular flexibility index (Phi) is 13.0. The van der Waals surface area contributed by atoms with Gasteiger partial charge in [0.1, 0.15) is 23.3 Å². The summed E-state index contributed by atoms with van der Waals surface area (Å²) in [7, 11) is 1.67. The number of aryl methyl sites for hydroxylation is 2. The first kappa shape index (κ1) is 47.5. The Morgan fingerprint density at radius 2 is 1.72 bits per heavy atom. The van der Waals surface area contributed by atoms with Crippen molar-refractivity contribution in [3.63, 3.8) is 0 Å². The molecule has 6 aliphatic rings. The van der Waals surface area contributed by atoms with Gasteiger partial charge in [0.15, 0.2) is 0 Å². The number of fused-ring (bicyclic) bond motifs is 4. The summed E-state index contributed by atoms with van der Waals surface area (Å²) < 4.78 is 25.6. The Hall–Kier alpha value is -5.13. The Bertz CT molecular complexity index is 2780. The summed E-state index contributed by atoms with van der Waals surface area (Å²) in [5, 5.41) is 23.1. The summed E-state index contributed by atoms with van der Waals surface area (Å²) in [4.78, 5) is 81.6. The highest BCUT2D eigenvalue weighted by Gasteiger charge is 2.72. The molecular weight excluding hydrogens is 929 g/mol. The van der Waals surface area contributed by atoms with Crippen molar-refractivity contribution in [3.05, 3.63) is 97.6 Å². The van der Waals surface area contributed by atoms with Crippen LogP contribution in [0.4, 0.5) is 10.1 Å². The predicted molar refractivity (Wildman–Crippen MR) is 257 cm³/mol. The van der Waals surface area contributed by atoms with E-state index in [0.29, 0.717) is 91.9 Å². The number of rotatable bonds is 12. The van der Waals surface area contributed by atoms with Crippen molar-refractivity contribution < 1.29 is 38.2 Å². The van der Waals surface area contributed by atoms with Gasteiger partial charge in [0, 0.05) is 67.8 Å². The average Bonchev–Trinajstić information content (AvgIpc) is 4.02. The number of nitrogens with one attached hydrogen (secondary N) is 4. The van der Waals surface area contributed by atoms with E-state index in [2.05, 4.69) is 21.3 Å². The standard InChI is InChI=1S/C51H58Cl2FN7O8/c1-59-39-23-28(12-17-37(39)61(49(59)68)38-18-19-41(62)57-45(38)63)7-6-22-69-32-25-40(47(65)66)60(27-32)26-29-10-14-31(15-11-29)55-46(64)44-42(33-8-5-9-35(53)43(33)54)51(50(58-44)20-3-2-4-21-50)34-16-13-30(52)24-36(34)56-48(51)67/h5,8-9,12-13,16-17,23-24,29,31-32,38,40,42,44,58H,2-4,6-7,10-11,14-15,18-22,25-27H2,1H3,(H,55,64)(H,56,67)(H,65,66)(H,57,62,63)/t29?,31?,32-,38?,40-,42+,44-,51-/m1/s1. The molecule has 2 spiro atoms. The third kappa shape index (κ3) is 8.37. The number of imidazole rings is 1. The lowest BCUT2D eigenvalue weighted by atomic mass is 9.55. The van der Waals surface area contributed by atoms with Crippen molar-refractivity contribution in [1.29, 1.82) is 0 Å². The van der Waals surface area contributed by atoms with Gasteiger partial charge in [-0.3, -0.25) is 48.6 Å². The normalized spacial score (nSPS) is 28.9. The van der Waals surface area contributed by atoms with Crippen LogP contribution in [0.15, 0.2) is 59.4 Å². The Labute approximate surface area is 408 Å². The SMILES string of the molecule is Cn1c(=O)n(C2CCC(=O)NC2=O)c2ccc(CCCO[C@@H]3C[C@H](C(=O)O)N(CC4CCC(NC(=O)[C@@H]5NC6(CCCCC6)[C@@]6(C(=O)Nc7cc(Cl)ccc76)[C@H]5c5cccc(Cl)c5F)CC4)C3)cc21. The second kappa shape index (κ2) is 18.9. The molecule has 4 amide bonds. The number of nitrogens with zero attached hydrogens (tertiary/aromatic N) is 3. The van der Waals surface area contributed by atoms with Gasteiger partial charge in [0.25, 0.3) is 0 Å². The number of hydrogen-bond donors (Lipinski definition) is 5. The summed E-state index contributed by atoms with van der Waals surface area (Å²) in [6, 6.07) is 13.3. The van der Waals surface area contributed by atoms with Crippen LogP contribution in [0.3, 0.4) is 0 Å². The van der Waals surface area contributed by atoms with Crippen LogP contribution in [0, 0.1) is 11.7 Å². The zero-order valence-corrected chi connectivity index (χ0v) is 40.1. The molecule has 5 fully saturated rings. The highest BCUT2D eigenvalue weighted by Crippen LogP contribution is 2.63. The fourth-order valence-electron chi connectivity index (χ4n) is 13.1. The number of imide groups is 1. The molecule has 2 aliphatic carbocycles. The number of anilines is 1. The van der Waals surface area contributed by atoms with Gasteiger partial charge >= 0.3 is 11.7 Å². The molecule has 5 N–H and O–H groups in total. The van der Waals surface area contributed by atoms with E-state index < -0.39 is 52.7 Å². The van der Waals surface area contributed by atoms with Crippen molar-refractivity contribution in [1.82, 2.24) is 30.0 Å². The highest BCUT2D eigenvalue weighted by molar-refractivity contribution is 6.31. The summed E-state index contributed by atoms with van der Waals surface area (Å²) >= 11 is 12.9. The number of benzene rings is 3. The van der Waals surface area contributed by atoms with E-state index in [0.717, 1.165) is 37.7 Å². The molecule has 69 heavy (non-hydrogen) atoms. The fraction of sp³-hybridized carbons (Fsp3) is 0.529. The van der Waals surface area contributed by atoms with Crippen molar-refractivity contribution >= 4 is 69.5 Å². The summed E-state index contributed by atoms with van der Waals surface area (Å²) in [6.07, 6.45) is 8.78. The van der Waals surface area contributed by atoms with Crippen molar-refractivity contribution in [2.75, 3.05) is 25.0 Å². The summed E-state index contributed by atoms with van der Waals surface area (Å²) in [5.74, 6) is -3.62. The maximum absolute atomic E-state index is 16.4. The Morgan fingerprint density at radius 3 is 2.48 bits per heavy atom. The number of aliphatic carboxylic acids is 1. The Morgan fingerprint density at radius 1 is 0.942 bits per heavy atom. The summed E-state index contributed by atoms with van der Waals surface area (Å²) in [6.45, 7) is 1.52. The molecular formula is C51H58Cl2FN7O8. The van der Waals surface area contributed by atoms with Crippen molar-refractivity contribution in [3.8, 4) is 0 Å². The number of amides is 4. The van der Waals surface area contributed by atoms with E-state index in [1.807, 2.05) is 29.2 Å². The largest absolute Gasteiger partial charge is 0.480 e. The third-order valence-corrected chi connectivity index (χ3v) is 16.8. The zero-order valence-electron chi connectivity index (χ0n) is 38.5. The maximum atomic E-state index is 16.4. The molecule has 10 rings (SSSR count). The monoisotopic (exact) mass is 985 g/mol. The zero-order chi connectivity index (χ0) is 48.4. The van der Waals surface area contributed by atoms with Crippen LogP contribution in [0.5, 0.6) is 0 Å². The van der Waals surface area contributed by atoms with Crippen LogP contribution < -0.4 is 27.0 Å². The van der Waals surface area contributed by atoms with Gasteiger partial charge in [-0.05, 0) is 111 Å². The van der Waals surface area contributed by atoms with Crippen LogP contribution in [0.2, 0.25) is 10.0 Å². The van der Waals surface area contributed by atoms with E-state index in [-0.39, 0.29) is 64.9 Å². The topological polar surface area (TPSA) is 193 Å². The minimum absolute atomic E-state index is 0.0797. The Balaban J connectivity index is 0.764. The van der Waals surface area contributed by atoms with E-state index in [1.165, 1.54) is 15.2 Å². The molecule has 6 atom stereocenters. The number of hydrogen-bond acceptors (Lipinski definition) is 9. The molecule has 4 aromatic rings. The van der Waals surface area contributed by atoms with Gasteiger partial charge in [-0.25, -0.2) is 9.18 Å². The molecule has 0 radical (unpaired) electrons. The van der Waals surface area contributed by atoms with Crippen LogP contribution in [-0.4, -0.2) is 98.2 Å². The van der Waals surface area contributed by atoms with Crippen molar-refractivity contribution in [2.24, 2.45) is 13.0 Å². The lowest BCUT2D eigenvalue weighted by Crippen LogP contribution is -2.60. The number of aromatic nitrogens is 2. The van der Waals surface area contributed by atoms with E-state index in [4.69, 9.17) is 27.9 Å². The summed E-state index contributed by atoms with van der Waals surface area (Å²) in [5.41, 5.74) is 1.33. The highest BCUT2D eigenvalue weighted by atomic mass is 35.5. The molecule has 1 unspecified atom stereocenters. The van der Waals surface area contributed by atoms with Crippen molar-refractivity contribution in [2.45, 2.75) is 137 Å². The second-order valence-electron chi connectivity index (χ2n) is 20.2. The van der Waals surface area contributed by atoms with Crippen LogP contribution >= 0.6 is 23.2 Å². The molecule has 0 bridgehead atoms. The van der Waals surface area contributed by atoms with Crippen LogP contribution in [0.1, 0.15) is 112 Å². The first-order chi connectivity index (χ1) is 33.2. The number of carboxylic acid groups (broad SMARTS) is 1. The third-order valence-electron chi connectivity index (χ3n) is 16.3. The van der Waals surface area contributed by atoms with Gasteiger partial charge in [0.05, 0.1) is 28.2 Å². The number of ether oxygens (including phenoxy) is 1. The number of carbonyl (C=O) groups excluding carboxylic acids is 4. The van der Waals surface area contributed by atoms with Crippen LogP contribution in [0.25, 0.3) is 11.0 Å². The molecule has 366 valence electrons. The lowest BCUT2D eigenvalue weighted by molar-refractivity contribution is -0.142. The molecule has 1 aromatic heterocycles. The van der Waals surface area contributed by atoms with Gasteiger partial charge < -0.3 is 20.5 Å². The van der Waals surface area contributed by atoms with Gasteiger partial charge in [-0.1, -0.05) is 66.7 Å². The van der Waals surface area contributed by atoms with E-state index in [9.17, 15) is 33.9 Å². The minimum Gasteiger partial charge on any atom is -0.480 e. The van der Waals surface area contributed by atoms with Gasteiger partial charge in [-0.15, -0.1) is 0 Å². The second-order valence-corrected chi connectivity index (χ2v) is 21.0. The van der Waals surface area contributed by atoms with Gasteiger partial charge in [-0.2, -0.15) is 0 Å².